The third kappa shape index (κ3) is 5.88. The number of nitrogens with zero attached hydrogens (tertiary/aromatic N) is 1. The normalized spacial score (nSPS) is 13.7. The molecule has 3 aromatic rings. The summed E-state index contributed by atoms with van der Waals surface area (Å²) in [6.07, 6.45) is 0. The molecule has 0 atom stereocenters. The summed E-state index contributed by atoms with van der Waals surface area (Å²) >= 11 is 0. The van der Waals surface area contributed by atoms with E-state index in [0.29, 0.717) is 28.1 Å². The van der Waals surface area contributed by atoms with Crippen molar-refractivity contribution in [3.8, 4) is 0 Å². The Morgan fingerprint density at radius 1 is 0.784 bits per heavy atom. The molecule has 0 fully saturated rings. The van der Waals surface area contributed by atoms with Crippen LogP contribution in [0.5, 0.6) is 0 Å². The highest BCUT2D eigenvalue weighted by Crippen LogP contribution is 2.42. The number of amides is 2. The van der Waals surface area contributed by atoms with E-state index in [2.05, 4.69) is 16.0 Å². The van der Waals surface area contributed by atoms with Gasteiger partial charge in [-0.2, -0.15) is 0 Å². The van der Waals surface area contributed by atoms with E-state index >= 15 is 0 Å². The van der Waals surface area contributed by atoms with Crippen molar-refractivity contribution in [2.75, 3.05) is 5.23 Å². The lowest BCUT2D eigenvalue weighted by Gasteiger charge is -2.34. The molecule has 190 valence electrons. The summed E-state index contributed by atoms with van der Waals surface area (Å²) in [5.74, 6) is -1.66. The Kier molecular flexibility index (Phi) is 8.02. The van der Waals surface area contributed by atoms with Crippen LogP contribution in [0.4, 0.5) is 5.69 Å². The van der Waals surface area contributed by atoms with Gasteiger partial charge >= 0.3 is 0 Å². The minimum absolute atomic E-state index is 0.0447. The van der Waals surface area contributed by atoms with E-state index in [1.807, 2.05) is 60.7 Å². The van der Waals surface area contributed by atoms with Gasteiger partial charge in [-0.05, 0) is 36.6 Å². The minimum atomic E-state index is -0.896. The number of dihydropyridines is 1. The van der Waals surface area contributed by atoms with Crippen LogP contribution in [0.1, 0.15) is 36.5 Å². The van der Waals surface area contributed by atoms with E-state index in [0.717, 1.165) is 11.1 Å². The molecule has 3 aromatic carbocycles. The summed E-state index contributed by atoms with van der Waals surface area (Å²) in [4.78, 5) is 27.2. The van der Waals surface area contributed by atoms with Gasteiger partial charge in [-0.3, -0.25) is 14.8 Å². The zero-order valence-corrected chi connectivity index (χ0v) is 20.7. The third-order valence-electron chi connectivity index (χ3n) is 6.30. The Morgan fingerprint density at radius 2 is 1.22 bits per heavy atom. The number of hydrogen-bond acceptors (Lipinski definition) is 6. The van der Waals surface area contributed by atoms with Crippen molar-refractivity contribution in [2.45, 2.75) is 32.9 Å². The zero-order valence-electron chi connectivity index (χ0n) is 20.7. The average molecular weight is 498 g/mol. The van der Waals surface area contributed by atoms with Crippen molar-refractivity contribution in [1.82, 2.24) is 16.0 Å². The van der Waals surface area contributed by atoms with E-state index in [1.165, 1.54) is 6.07 Å². The molecule has 0 saturated heterocycles. The minimum Gasteiger partial charge on any atom is -0.733 e. The first-order valence-corrected chi connectivity index (χ1v) is 11.9. The SMILES string of the molecule is CC1=C(C(=O)NCc2ccccc2)C(c2ccccc2N([O-])O)C(C(=O)NCc2ccccc2)=C(C)N1. The summed E-state index contributed by atoms with van der Waals surface area (Å²) < 4.78 is 0. The number of nitrogens with one attached hydrogen (secondary N) is 3. The standard InChI is InChI=1S/C29H29N4O4/c1-19-25(28(34)30-17-21-11-5-3-6-12-21)27(23-15-9-10-16-24(23)33(36)37)26(20(2)32-19)29(35)31-18-22-13-7-4-8-14-22/h3-16,27,32,36H,17-18H2,1-2H3,(H,30,34)(H,31,35)/q-1. The number of para-hydroxylation sites is 1. The summed E-state index contributed by atoms with van der Waals surface area (Å²) in [5, 5.41) is 30.7. The highest BCUT2D eigenvalue weighted by Gasteiger charge is 2.37. The van der Waals surface area contributed by atoms with Crippen LogP contribution in [0, 0.1) is 5.21 Å². The Morgan fingerprint density at radius 3 is 1.68 bits per heavy atom. The van der Waals surface area contributed by atoms with Gasteiger partial charge in [-0.25, -0.2) is 0 Å². The van der Waals surface area contributed by atoms with Gasteiger partial charge in [0, 0.05) is 35.6 Å². The van der Waals surface area contributed by atoms with Crippen LogP contribution in [0.25, 0.3) is 0 Å². The first-order valence-electron chi connectivity index (χ1n) is 11.9. The molecule has 1 aliphatic heterocycles. The van der Waals surface area contributed by atoms with Gasteiger partial charge in [-0.1, -0.05) is 78.9 Å². The van der Waals surface area contributed by atoms with Crippen LogP contribution in [-0.4, -0.2) is 17.0 Å². The maximum absolute atomic E-state index is 13.6. The highest BCUT2D eigenvalue weighted by molar-refractivity contribution is 6.04. The first-order chi connectivity index (χ1) is 17.9. The molecule has 8 nitrogen and oxygen atoms in total. The monoisotopic (exact) mass is 497 g/mol. The molecule has 0 aliphatic carbocycles. The highest BCUT2D eigenvalue weighted by atomic mass is 16.8. The van der Waals surface area contributed by atoms with Gasteiger partial charge in [0.1, 0.15) is 0 Å². The lowest BCUT2D eigenvalue weighted by atomic mass is 9.79. The molecule has 4 N–H and O–H groups in total. The molecule has 0 bridgehead atoms. The molecule has 0 radical (unpaired) electrons. The second kappa shape index (κ2) is 11.6. The van der Waals surface area contributed by atoms with Crippen molar-refractivity contribution in [1.29, 1.82) is 0 Å². The van der Waals surface area contributed by atoms with Gasteiger partial charge in [0.2, 0.25) is 11.8 Å². The number of allylic oxidation sites excluding steroid dienone is 2. The molecule has 0 unspecified atom stereocenters. The summed E-state index contributed by atoms with van der Waals surface area (Å²) in [6, 6.07) is 25.4. The topological polar surface area (TPSA) is 117 Å². The maximum atomic E-state index is 13.6. The molecule has 37 heavy (non-hydrogen) atoms. The molecule has 1 heterocycles. The summed E-state index contributed by atoms with van der Waals surface area (Å²) in [7, 11) is 0. The summed E-state index contributed by atoms with van der Waals surface area (Å²) in [6.45, 7) is 4.08. The quantitative estimate of drug-likeness (QED) is 0.346. The first kappa shape index (κ1) is 25.7. The molecule has 0 saturated carbocycles. The number of hydrogen-bond donors (Lipinski definition) is 4. The fraction of sp³-hybridized carbons (Fsp3) is 0.172. The van der Waals surface area contributed by atoms with Gasteiger partial charge in [0.05, 0.1) is 11.6 Å². The van der Waals surface area contributed by atoms with E-state index in [9.17, 15) is 20.0 Å². The lowest BCUT2D eigenvalue weighted by Crippen LogP contribution is -2.39. The molecular weight excluding hydrogens is 468 g/mol. The van der Waals surface area contributed by atoms with Crippen LogP contribution in [-0.2, 0) is 22.7 Å². The maximum Gasteiger partial charge on any atom is 0.250 e. The molecular formula is C29H29N4O4-. The van der Waals surface area contributed by atoms with Crippen LogP contribution in [0.2, 0.25) is 0 Å². The zero-order chi connectivity index (χ0) is 26.4. The van der Waals surface area contributed by atoms with E-state index in [4.69, 9.17) is 0 Å². The molecule has 8 heteroatoms. The Bertz CT molecular complexity index is 1260. The molecule has 2 amide bonds. The van der Waals surface area contributed by atoms with Crippen LogP contribution >= 0.6 is 0 Å². The van der Waals surface area contributed by atoms with Gasteiger partial charge in [0.15, 0.2) is 0 Å². The fourth-order valence-corrected chi connectivity index (χ4v) is 4.56. The van der Waals surface area contributed by atoms with Crippen molar-refractivity contribution < 1.29 is 14.8 Å². The summed E-state index contributed by atoms with van der Waals surface area (Å²) in [5.41, 5.74) is 3.83. The largest absolute Gasteiger partial charge is 0.733 e. The number of anilines is 1. The second-order valence-electron chi connectivity index (χ2n) is 8.80. The number of carbonyl (C=O) groups excluding carboxylic acids is 2. The van der Waals surface area contributed by atoms with Crippen molar-refractivity contribution >= 4 is 17.5 Å². The number of benzene rings is 3. The smallest absolute Gasteiger partial charge is 0.250 e. The van der Waals surface area contributed by atoms with Crippen molar-refractivity contribution in [2.24, 2.45) is 0 Å². The van der Waals surface area contributed by atoms with E-state index < -0.39 is 5.92 Å². The molecule has 0 aromatic heterocycles. The molecule has 4 rings (SSSR count). The molecule has 0 spiro atoms. The Labute approximate surface area is 215 Å². The van der Waals surface area contributed by atoms with Crippen molar-refractivity contribution in [3.05, 3.63) is 129 Å². The Hall–Kier alpha value is -4.40. The van der Waals surface area contributed by atoms with E-state index in [1.54, 1.807) is 32.0 Å². The fourth-order valence-electron chi connectivity index (χ4n) is 4.56. The number of rotatable bonds is 8. The van der Waals surface area contributed by atoms with Crippen LogP contribution in [0.15, 0.2) is 107 Å². The Balaban J connectivity index is 1.72. The van der Waals surface area contributed by atoms with Crippen LogP contribution < -0.4 is 21.2 Å². The van der Waals surface area contributed by atoms with Gasteiger partial charge in [-0.15, -0.1) is 0 Å². The molecule has 1 aliphatic rings. The third-order valence-corrected chi connectivity index (χ3v) is 6.30. The van der Waals surface area contributed by atoms with Gasteiger partial charge < -0.3 is 26.4 Å². The van der Waals surface area contributed by atoms with Gasteiger partial charge in [0.25, 0.3) is 0 Å². The lowest BCUT2D eigenvalue weighted by molar-refractivity contribution is -0.118. The average Bonchev–Trinajstić information content (AvgIpc) is 2.91. The van der Waals surface area contributed by atoms with Crippen LogP contribution in [0.3, 0.4) is 0 Å². The predicted molar refractivity (Wildman–Crippen MR) is 142 cm³/mol. The second-order valence-corrected chi connectivity index (χ2v) is 8.80. The van der Waals surface area contributed by atoms with E-state index in [-0.39, 0.29) is 35.8 Å². The predicted octanol–water partition coefficient (Wildman–Crippen LogP) is 4.25. The number of carbonyl (C=O) groups is 2. The van der Waals surface area contributed by atoms with Crippen molar-refractivity contribution in [3.63, 3.8) is 0 Å².